The summed E-state index contributed by atoms with van der Waals surface area (Å²) < 4.78 is 5.24. The zero-order valence-corrected chi connectivity index (χ0v) is 13.0. The molecule has 1 N–H and O–H groups in total. The molecular weight excluding hydrogens is 278 g/mol. The highest BCUT2D eigenvalue weighted by Crippen LogP contribution is 2.21. The Kier molecular flexibility index (Phi) is 4.85. The van der Waals surface area contributed by atoms with E-state index in [2.05, 4.69) is 22.1 Å². The molecule has 2 aromatic rings. The Morgan fingerprint density at radius 1 is 1.27 bits per heavy atom. The number of hydrogen-bond donors (Lipinski definition) is 1. The minimum atomic E-state index is -0.735. The van der Waals surface area contributed by atoms with Crippen molar-refractivity contribution in [3.63, 3.8) is 0 Å². The topological polar surface area (TPSA) is 62.4 Å². The third kappa shape index (κ3) is 3.93. The van der Waals surface area contributed by atoms with Gasteiger partial charge >= 0.3 is 0 Å². The highest BCUT2D eigenvalue weighted by Gasteiger charge is 2.21. The predicted molar refractivity (Wildman–Crippen MR) is 83.3 cm³/mol. The molecular formula is C17H23N3O2. The lowest BCUT2D eigenvalue weighted by atomic mass is 9.94. The third-order valence-corrected chi connectivity index (χ3v) is 4.35. The summed E-state index contributed by atoms with van der Waals surface area (Å²) in [5.41, 5.74) is 1.06. The van der Waals surface area contributed by atoms with Gasteiger partial charge in [-0.25, -0.2) is 0 Å². The van der Waals surface area contributed by atoms with E-state index in [0.29, 0.717) is 18.2 Å². The van der Waals surface area contributed by atoms with Crippen LogP contribution in [-0.4, -0.2) is 40.3 Å². The number of aliphatic hydroxyl groups excluding tert-OH is 1. The van der Waals surface area contributed by atoms with E-state index in [1.807, 2.05) is 30.3 Å². The first-order chi connectivity index (χ1) is 10.7. The maximum atomic E-state index is 10.2. The van der Waals surface area contributed by atoms with Crippen molar-refractivity contribution in [2.24, 2.45) is 5.92 Å². The maximum absolute atomic E-state index is 10.2. The SMILES string of the molecule is CN1CCC(Cc2noc([C@@H](O)Cc3ccccc3)n2)CC1. The molecule has 1 atom stereocenters. The molecule has 0 bridgehead atoms. The molecule has 5 nitrogen and oxygen atoms in total. The summed E-state index contributed by atoms with van der Waals surface area (Å²) in [6, 6.07) is 9.85. The average Bonchev–Trinajstić information content (AvgIpc) is 2.99. The number of rotatable bonds is 5. The Morgan fingerprint density at radius 2 is 2.00 bits per heavy atom. The molecule has 1 aliphatic heterocycles. The number of hydrogen-bond acceptors (Lipinski definition) is 5. The standard InChI is InChI=1S/C17H23N3O2/c1-20-9-7-14(8-10-20)12-16-18-17(22-19-16)15(21)11-13-5-3-2-4-6-13/h2-6,14-15,21H,7-12H2,1H3/t15-/m0/s1. The molecule has 0 aliphatic carbocycles. The summed E-state index contributed by atoms with van der Waals surface area (Å²) >= 11 is 0. The molecule has 5 heteroatoms. The van der Waals surface area contributed by atoms with Crippen molar-refractivity contribution >= 4 is 0 Å². The second-order valence-electron chi connectivity index (χ2n) is 6.21. The minimum absolute atomic E-state index is 0.326. The maximum Gasteiger partial charge on any atom is 0.255 e. The number of benzene rings is 1. The van der Waals surface area contributed by atoms with Crippen molar-refractivity contribution < 1.29 is 9.63 Å². The van der Waals surface area contributed by atoms with Crippen molar-refractivity contribution in [1.82, 2.24) is 15.0 Å². The normalized spacial score (nSPS) is 18.5. The summed E-state index contributed by atoms with van der Waals surface area (Å²) in [7, 11) is 2.16. The second-order valence-corrected chi connectivity index (χ2v) is 6.21. The third-order valence-electron chi connectivity index (χ3n) is 4.35. The van der Waals surface area contributed by atoms with Gasteiger partial charge < -0.3 is 14.5 Å². The molecule has 1 aromatic carbocycles. The molecule has 118 valence electrons. The number of aliphatic hydroxyl groups is 1. The predicted octanol–water partition coefficient (Wildman–Crippen LogP) is 2.23. The zero-order valence-electron chi connectivity index (χ0n) is 13.0. The van der Waals surface area contributed by atoms with E-state index in [9.17, 15) is 5.11 Å². The van der Waals surface area contributed by atoms with E-state index >= 15 is 0 Å². The Bertz CT molecular complexity index is 577. The van der Waals surface area contributed by atoms with Crippen LogP contribution in [0.5, 0.6) is 0 Å². The summed E-state index contributed by atoms with van der Waals surface area (Å²) in [6.07, 6.45) is 2.95. The van der Waals surface area contributed by atoms with Crippen molar-refractivity contribution in [2.75, 3.05) is 20.1 Å². The lowest BCUT2D eigenvalue weighted by Crippen LogP contribution is -2.31. The average molecular weight is 301 g/mol. The fourth-order valence-electron chi connectivity index (χ4n) is 2.93. The first-order valence-electron chi connectivity index (χ1n) is 7.93. The molecule has 22 heavy (non-hydrogen) atoms. The van der Waals surface area contributed by atoms with Gasteiger partial charge in [0.1, 0.15) is 6.10 Å². The first kappa shape index (κ1) is 15.2. The van der Waals surface area contributed by atoms with Gasteiger partial charge in [-0.3, -0.25) is 0 Å². The van der Waals surface area contributed by atoms with E-state index in [1.165, 1.54) is 12.8 Å². The summed E-state index contributed by atoms with van der Waals surface area (Å²) in [6.45, 7) is 2.26. The van der Waals surface area contributed by atoms with Crippen molar-refractivity contribution in [2.45, 2.75) is 31.8 Å². The van der Waals surface area contributed by atoms with Crippen LogP contribution in [0.2, 0.25) is 0 Å². The summed E-state index contributed by atoms with van der Waals surface area (Å²) in [5.74, 6) is 1.66. The van der Waals surface area contributed by atoms with Crippen LogP contribution in [-0.2, 0) is 12.8 Å². The quantitative estimate of drug-likeness (QED) is 0.917. The van der Waals surface area contributed by atoms with Gasteiger partial charge in [-0.1, -0.05) is 35.5 Å². The molecule has 0 saturated carbocycles. The number of likely N-dealkylation sites (tertiary alicyclic amines) is 1. The van der Waals surface area contributed by atoms with E-state index in [4.69, 9.17) is 4.52 Å². The fraction of sp³-hybridized carbons (Fsp3) is 0.529. The monoisotopic (exact) mass is 301 g/mol. The van der Waals surface area contributed by atoms with Crippen molar-refractivity contribution in [1.29, 1.82) is 0 Å². The van der Waals surface area contributed by atoms with E-state index < -0.39 is 6.10 Å². The highest BCUT2D eigenvalue weighted by atomic mass is 16.5. The highest BCUT2D eigenvalue weighted by molar-refractivity contribution is 5.16. The van der Waals surface area contributed by atoms with Gasteiger partial charge in [0, 0.05) is 12.8 Å². The summed E-state index contributed by atoms with van der Waals surface area (Å²) in [4.78, 5) is 6.73. The minimum Gasteiger partial charge on any atom is -0.383 e. The Labute approximate surface area is 131 Å². The molecule has 1 fully saturated rings. The van der Waals surface area contributed by atoms with Gasteiger partial charge in [-0.15, -0.1) is 0 Å². The molecule has 2 heterocycles. The number of aromatic nitrogens is 2. The molecule has 1 saturated heterocycles. The molecule has 1 aromatic heterocycles. The number of nitrogens with zero attached hydrogens (tertiary/aromatic N) is 3. The van der Waals surface area contributed by atoms with Gasteiger partial charge in [0.15, 0.2) is 5.82 Å². The fourth-order valence-corrected chi connectivity index (χ4v) is 2.93. The smallest absolute Gasteiger partial charge is 0.255 e. The lowest BCUT2D eigenvalue weighted by Gasteiger charge is -2.28. The molecule has 0 radical (unpaired) electrons. The van der Waals surface area contributed by atoms with Crippen LogP contribution in [0.15, 0.2) is 34.9 Å². The Balaban J connectivity index is 1.56. The van der Waals surface area contributed by atoms with E-state index in [-0.39, 0.29) is 0 Å². The Hall–Kier alpha value is -1.72. The van der Waals surface area contributed by atoms with Crippen LogP contribution >= 0.6 is 0 Å². The second kappa shape index (κ2) is 7.03. The van der Waals surface area contributed by atoms with Gasteiger partial charge in [-0.05, 0) is 44.5 Å². The van der Waals surface area contributed by atoms with Crippen molar-refractivity contribution in [3.05, 3.63) is 47.6 Å². The van der Waals surface area contributed by atoms with Crippen LogP contribution in [0.1, 0.15) is 36.2 Å². The largest absolute Gasteiger partial charge is 0.383 e. The molecule has 0 amide bonds. The Morgan fingerprint density at radius 3 is 2.73 bits per heavy atom. The first-order valence-corrected chi connectivity index (χ1v) is 7.93. The molecule has 0 unspecified atom stereocenters. The van der Waals surface area contributed by atoms with Gasteiger partial charge in [0.2, 0.25) is 0 Å². The van der Waals surface area contributed by atoms with Gasteiger partial charge in [0.25, 0.3) is 5.89 Å². The van der Waals surface area contributed by atoms with E-state index in [0.717, 1.165) is 30.9 Å². The van der Waals surface area contributed by atoms with Crippen LogP contribution in [0.3, 0.4) is 0 Å². The van der Waals surface area contributed by atoms with Crippen LogP contribution in [0.4, 0.5) is 0 Å². The van der Waals surface area contributed by atoms with Crippen LogP contribution in [0.25, 0.3) is 0 Å². The van der Waals surface area contributed by atoms with Crippen LogP contribution in [0, 0.1) is 5.92 Å². The van der Waals surface area contributed by atoms with Gasteiger partial charge in [-0.2, -0.15) is 4.98 Å². The van der Waals surface area contributed by atoms with Crippen molar-refractivity contribution in [3.8, 4) is 0 Å². The lowest BCUT2D eigenvalue weighted by molar-refractivity contribution is 0.134. The molecule has 0 spiro atoms. The summed E-state index contributed by atoms with van der Waals surface area (Å²) in [5, 5.41) is 14.3. The van der Waals surface area contributed by atoms with Gasteiger partial charge in [0.05, 0.1) is 0 Å². The van der Waals surface area contributed by atoms with Crippen LogP contribution < -0.4 is 0 Å². The molecule has 3 rings (SSSR count). The number of piperidine rings is 1. The van der Waals surface area contributed by atoms with E-state index in [1.54, 1.807) is 0 Å². The zero-order chi connectivity index (χ0) is 15.4. The molecule has 1 aliphatic rings.